The number of aromatic nitrogens is 2. The van der Waals surface area contributed by atoms with Crippen LogP contribution in [0, 0.1) is 0 Å². The molecule has 0 saturated heterocycles. The fraction of sp³-hybridized carbons (Fsp3) is 0.333. The van der Waals surface area contributed by atoms with Gasteiger partial charge in [0, 0.05) is 5.56 Å². The molecule has 0 radical (unpaired) electrons. The highest BCUT2D eigenvalue weighted by Gasteiger charge is 2.15. The average Bonchev–Trinajstić information content (AvgIpc) is 2.33. The molecule has 0 aliphatic carbocycles. The highest BCUT2D eigenvalue weighted by atomic mass is 35.5. The number of nitrogens with one attached hydrogen (secondary N) is 1. The normalized spacial score (nSPS) is 12.9. The van der Waals surface area contributed by atoms with Gasteiger partial charge < -0.3 is 5.73 Å². The Bertz CT molecular complexity index is 271. The number of halogens is 1. The minimum atomic E-state index is -0.409. The van der Waals surface area contributed by atoms with Crippen LogP contribution >= 0.6 is 11.6 Å². The number of nitrogens with zero attached hydrogens (tertiary/aromatic N) is 1. The Kier molecular flexibility index (Phi) is 2.14. The van der Waals surface area contributed by atoms with Crippen LogP contribution in [0.2, 0.25) is 5.15 Å². The lowest BCUT2D eigenvalue weighted by Crippen LogP contribution is -2.18. The van der Waals surface area contributed by atoms with Gasteiger partial charge in [0.05, 0.1) is 12.1 Å². The Hall–Kier alpha value is -1.03. The second-order valence-electron chi connectivity index (χ2n) is 2.26. The molecule has 1 unspecified atom stereocenters. The fourth-order valence-corrected chi connectivity index (χ4v) is 0.996. The van der Waals surface area contributed by atoms with E-state index >= 15 is 0 Å². The first-order valence-corrected chi connectivity index (χ1v) is 3.48. The van der Waals surface area contributed by atoms with Crippen molar-refractivity contribution in [2.24, 2.45) is 5.73 Å². The first kappa shape index (κ1) is 8.07. The van der Waals surface area contributed by atoms with Crippen LogP contribution in [0.5, 0.6) is 0 Å². The maximum absolute atomic E-state index is 10.7. The van der Waals surface area contributed by atoms with Gasteiger partial charge in [0.1, 0.15) is 5.15 Å². The number of rotatable bonds is 2. The largest absolute Gasteiger partial charge is 0.369 e. The van der Waals surface area contributed by atoms with E-state index in [0.29, 0.717) is 10.7 Å². The van der Waals surface area contributed by atoms with Crippen LogP contribution in [0.3, 0.4) is 0 Å². The van der Waals surface area contributed by atoms with Crippen molar-refractivity contribution >= 4 is 17.5 Å². The third-order valence-electron chi connectivity index (χ3n) is 1.51. The zero-order chi connectivity index (χ0) is 8.43. The van der Waals surface area contributed by atoms with Gasteiger partial charge >= 0.3 is 0 Å². The van der Waals surface area contributed by atoms with E-state index in [-0.39, 0.29) is 5.92 Å². The zero-order valence-electron chi connectivity index (χ0n) is 5.97. The molecular weight excluding hydrogens is 166 g/mol. The molecule has 0 bridgehead atoms. The molecule has 60 valence electrons. The van der Waals surface area contributed by atoms with Gasteiger partial charge in [-0.05, 0) is 6.92 Å². The SMILES string of the molecule is CC(C(N)=O)c1cn[nH]c1Cl. The molecule has 1 atom stereocenters. The number of carbonyl (C=O) groups is 1. The maximum Gasteiger partial charge on any atom is 0.224 e. The van der Waals surface area contributed by atoms with Gasteiger partial charge in [-0.1, -0.05) is 11.6 Å². The molecule has 0 aromatic carbocycles. The van der Waals surface area contributed by atoms with Gasteiger partial charge in [0.15, 0.2) is 0 Å². The molecule has 4 nitrogen and oxygen atoms in total. The Balaban J connectivity index is 2.92. The first-order chi connectivity index (χ1) is 5.13. The average molecular weight is 174 g/mol. The number of primary amides is 1. The molecule has 0 fully saturated rings. The lowest BCUT2D eigenvalue weighted by molar-refractivity contribution is -0.119. The van der Waals surface area contributed by atoms with Crippen molar-refractivity contribution in [2.75, 3.05) is 0 Å². The van der Waals surface area contributed by atoms with Gasteiger partial charge in [-0.15, -0.1) is 0 Å². The quantitative estimate of drug-likeness (QED) is 0.690. The van der Waals surface area contributed by atoms with Crippen molar-refractivity contribution in [3.63, 3.8) is 0 Å². The maximum atomic E-state index is 10.7. The molecule has 11 heavy (non-hydrogen) atoms. The van der Waals surface area contributed by atoms with E-state index in [1.54, 1.807) is 6.92 Å². The molecule has 0 spiro atoms. The Morgan fingerprint density at radius 2 is 2.55 bits per heavy atom. The molecule has 0 aliphatic rings. The predicted molar refractivity (Wildman–Crippen MR) is 41.2 cm³/mol. The van der Waals surface area contributed by atoms with Crippen molar-refractivity contribution in [3.05, 3.63) is 16.9 Å². The second-order valence-corrected chi connectivity index (χ2v) is 2.64. The number of amides is 1. The van der Waals surface area contributed by atoms with Crippen LogP contribution in [-0.4, -0.2) is 16.1 Å². The number of aromatic amines is 1. The van der Waals surface area contributed by atoms with E-state index in [2.05, 4.69) is 10.2 Å². The van der Waals surface area contributed by atoms with Gasteiger partial charge in [-0.25, -0.2) is 0 Å². The minimum Gasteiger partial charge on any atom is -0.369 e. The third-order valence-corrected chi connectivity index (χ3v) is 1.82. The predicted octanol–water partition coefficient (Wildman–Crippen LogP) is 0.652. The third kappa shape index (κ3) is 1.51. The Morgan fingerprint density at radius 1 is 1.91 bits per heavy atom. The van der Waals surface area contributed by atoms with Gasteiger partial charge in [-0.3, -0.25) is 9.89 Å². The highest BCUT2D eigenvalue weighted by molar-refractivity contribution is 6.30. The summed E-state index contributed by atoms with van der Waals surface area (Å²) in [6.07, 6.45) is 1.50. The molecule has 1 amide bonds. The van der Waals surface area contributed by atoms with Crippen LogP contribution in [0.15, 0.2) is 6.20 Å². The topological polar surface area (TPSA) is 71.8 Å². The monoisotopic (exact) mass is 173 g/mol. The fourth-order valence-electron chi connectivity index (χ4n) is 0.735. The second kappa shape index (κ2) is 2.92. The van der Waals surface area contributed by atoms with Crippen LogP contribution < -0.4 is 5.73 Å². The lowest BCUT2D eigenvalue weighted by Gasteiger charge is -2.02. The number of H-pyrrole nitrogens is 1. The number of hydrogen-bond acceptors (Lipinski definition) is 2. The summed E-state index contributed by atoms with van der Waals surface area (Å²) in [5, 5.41) is 6.54. The standard InChI is InChI=1S/C6H8ClN3O/c1-3(6(8)11)4-2-9-10-5(4)7/h2-3H,1H3,(H2,8,11)(H,9,10). The van der Waals surface area contributed by atoms with E-state index in [4.69, 9.17) is 17.3 Å². The van der Waals surface area contributed by atoms with Crippen LogP contribution in [-0.2, 0) is 4.79 Å². The summed E-state index contributed by atoms with van der Waals surface area (Å²) < 4.78 is 0. The van der Waals surface area contributed by atoms with Gasteiger partial charge in [0.2, 0.25) is 5.91 Å². The van der Waals surface area contributed by atoms with Crippen molar-refractivity contribution in [1.82, 2.24) is 10.2 Å². The Morgan fingerprint density at radius 3 is 2.91 bits per heavy atom. The summed E-state index contributed by atoms with van der Waals surface area (Å²) in [6, 6.07) is 0. The number of hydrogen-bond donors (Lipinski definition) is 2. The van der Waals surface area contributed by atoms with E-state index in [1.807, 2.05) is 0 Å². The molecule has 1 aromatic rings. The zero-order valence-corrected chi connectivity index (χ0v) is 6.72. The highest BCUT2D eigenvalue weighted by Crippen LogP contribution is 2.20. The molecule has 3 N–H and O–H groups in total. The van der Waals surface area contributed by atoms with Crippen molar-refractivity contribution < 1.29 is 4.79 Å². The molecule has 0 saturated carbocycles. The molecule has 5 heteroatoms. The number of nitrogens with two attached hydrogens (primary N) is 1. The molecular formula is C6H8ClN3O. The van der Waals surface area contributed by atoms with Crippen LogP contribution in [0.1, 0.15) is 18.4 Å². The van der Waals surface area contributed by atoms with Crippen molar-refractivity contribution in [1.29, 1.82) is 0 Å². The van der Waals surface area contributed by atoms with Crippen molar-refractivity contribution in [2.45, 2.75) is 12.8 Å². The van der Waals surface area contributed by atoms with E-state index < -0.39 is 5.91 Å². The van der Waals surface area contributed by atoms with E-state index in [9.17, 15) is 4.79 Å². The van der Waals surface area contributed by atoms with Gasteiger partial charge in [0.25, 0.3) is 0 Å². The van der Waals surface area contributed by atoms with Gasteiger partial charge in [-0.2, -0.15) is 5.10 Å². The summed E-state index contributed by atoms with van der Waals surface area (Å²) >= 11 is 5.65. The van der Waals surface area contributed by atoms with Crippen LogP contribution in [0.25, 0.3) is 0 Å². The molecule has 1 rings (SSSR count). The summed E-state index contributed by atoms with van der Waals surface area (Å²) in [6.45, 7) is 1.68. The molecule has 1 aromatic heterocycles. The summed E-state index contributed by atoms with van der Waals surface area (Å²) in [5.41, 5.74) is 5.69. The smallest absolute Gasteiger partial charge is 0.224 e. The summed E-state index contributed by atoms with van der Waals surface area (Å²) in [7, 11) is 0. The van der Waals surface area contributed by atoms with Crippen LogP contribution in [0.4, 0.5) is 0 Å². The summed E-state index contributed by atoms with van der Waals surface area (Å²) in [5.74, 6) is -0.797. The molecule has 0 aliphatic heterocycles. The van der Waals surface area contributed by atoms with E-state index in [0.717, 1.165) is 0 Å². The van der Waals surface area contributed by atoms with Crippen molar-refractivity contribution in [3.8, 4) is 0 Å². The minimum absolute atomic E-state index is 0.372. The van der Waals surface area contributed by atoms with E-state index in [1.165, 1.54) is 6.20 Å². The lowest BCUT2D eigenvalue weighted by atomic mass is 10.1. The first-order valence-electron chi connectivity index (χ1n) is 3.11. The molecule has 1 heterocycles. The summed E-state index contributed by atoms with van der Waals surface area (Å²) in [4.78, 5) is 10.7. The Labute approximate surface area is 68.7 Å². The number of carbonyl (C=O) groups excluding carboxylic acids is 1.